The summed E-state index contributed by atoms with van der Waals surface area (Å²) in [6, 6.07) is 10.3. The van der Waals surface area contributed by atoms with Crippen LogP contribution >= 0.6 is 0 Å². The highest BCUT2D eigenvalue weighted by atomic mass is 16.5. The summed E-state index contributed by atoms with van der Waals surface area (Å²) in [7, 11) is 0. The Hall–Kier alpha value is -2.60. The molecule has 3 heterocycles. The molecule has 0 spiro atoms. The van der Waals surface area contributed by atoms with Crippen molar-refractivity contribution in [1.29, 1.82) is 0 Å². The second-order valence-corrected chi connectivity index (χ2v) is 7.20. The van der Waals surface area contributed by atoms with E-state index in [4.69, 9.17) is 9.47 Å². The molecular formula is C21H25N3O3. The summed E-state index contributed by atoms with van der Waals surface area (Å²) in [6.07, 6.45) is 3.93. The van der Waals surface area contributed by atoms with Crippen molar-refractivity contribution in [2.45, 2.75) is 39.0 Å². The van der Waals surface area contributed by atoms with Gasteiger partial charge in [0.2, 0.25) is 5.91 Å². The van der Waals surface area contributed by atoms with Crippen LogP contribution < -0.4 is 14.8 Å². The molecule has 2 aliphatic rings. The smallest absolute Gasteiger partial charge is 0.217 e. The molecule has 2 aromatic rings. The van der Waals surface area contributed by atoms with Gasteiger partial charge in [-0.25, -0.2) is 0 Å². The Kier molecular flexibility index (Phi) is 5.25. The summed E-state index contributed by atoms with van der Waals surface area (Å²) in [5.41, 5.74) is 3.46. The predicted molar refractivity (Wildman–Crippen MR) is 102 cm³/mol. The number of amides is 1. The van der Waals surface area contributed by atoms with Crippen LogP contribution in [0.15, 0.2) is 36.5 Å². The number of carbonyl (C=O) groups is 1. The number of likely N-dealkylation sites (tertiary alicyclic amines) is 1. The second-order valence-electron chi connectivity index (χ2n) is 7.20. The number of ether oxygens (including phenoxy) is 2. The lowest BCUT2D eigenvalue weighted by atomic mass is 10.1. The first-order valence-corrected chi connectivity index (χ1v) is 9.49. The van der Waals surface area contributed by atoms with Gasteiger partial charge in [0, 0.05) is 45.2 Å². The van der Waals surface area contributed by atoms with Gasteiger partial charge in [-0.1, -0.05) is 12.1 Å². The predicted octanol–water partition coefficient (Wildman–Crippen LogP) is 2.31. The number of fused-ring (bicyclic) bond motifs is 1. The number of aromatic nitrogens is 1. The zero-order chi connectivity index (χ0) is 18.6. The van der Waals surface area contributed by atoms with Crippen LogP contribution in [0.25, 0.3) is 0 Å². The molecule has 0 bridgehead atoms. The van der Waals surface area contributed by atoms with Crippen molar-refractivity contribution in [3.63, 3.8) is 0 Å². The molecule has 1 atom stereocenters. The van der Waals surface area contributed by atoms with Crippen LogP contribution in [0.2, 0.25) is 0 Å². The van der Waals surface area contributed by atoms with Crippen LogP contribution in [-0.2, 0) is 24.3 Å². The van der Waals surface area contributed by atoms with Gasteiger partial charge >= 0.3 is 0 Å². The van der Waals surface area contributed by atoms with E-state index in [1.807, 2.05) is 12.1 Å². The van der Waals surface area contributed by atoms with E-state index in [1.54, 1.807) is 6.20 Å². The van der Waals surface area contributed by atoms with Crippen LogP contribution in [-0.4, -0.2) is 41.6 Å². The summed E-state index contributed by atoms with van der Waals surface area (Å²) in [5.74, 6) is 1.79. The third-order valence-electron chi connectivity index (χ3n) is 5.00. The standard InChI is InChI=1S/C21H25N3O3/c1-15(25)23-12-18-11-19(4-7-22-18)27-20-5-8-24(14-20)13-16-2-3-21-17(10-16)6-9-26-21/h2-4,7,10-11,20H,5-6,8-9,12-14H2,1H3,(H,23,25). The molecule has 1 unspecified atom stereocenters. The highest BCUT2D eigenvalue weighted by Gasteiger charge is 2.24. The maximum atomic E-state index is 11.0. The molecule has 2 aliphatic heterocycles. The molecular weight excluding hydrogens is 342 g/mol. The van der Waals surface area contributed by atoms with Gasteiger partial charge in [-0.3, -0.25) is 14.7 Å². The van der Waals surface area contributed by atoms with Crippen LogP contribution in [0.3, 0.4) is 0 Å². The normalized spacial score (nSPS) is 18.8. The van der Waals surface area contributed by atoms with Crippen LogP contribution in [0.1, 0.15) is 30.2 Å². The first-order chi connectivity index (χ1) is 13.2. The van der Waals surface area contributed by atoms with Crippen molar-refractivity contribution in [2.75, 3.05) is 19.7 Å². The topological polar surface area (TPSA) is 63.7 Å². The molecule has 1 saturated heterocycles. The summed E-state index contributed by atoms with van der Waals surface area (Å²) in [4.78, 5) is 17.7. The van der Waals surface area contributed by atoms with E-state index >= 15 is 0 Å². The van der Waals surface area contributed by atoms with E-state index in [-0.39, 0.29) is 12.0 Å². The average molecular weight is 367 g/mol. The number of nitrogens with one attached hydrogen (secondary N) is 1. The molecule has 1 fully saturated rings. The molecule has 1 aromatic carbocycles. The molecule has 27 heavy (non-hydrogen) atoms. The lowest BCUT2D eigenvalue weighted by molar-refractivity contribution is -0.119. The fourth-order valence-electron chi connectivity index (χ4n) is 3.67. The van der Waals surface area contributed by atoms with Gasteiger partial charge in [0.1, 0.15) is 17.6 Å². The highest BCUT2D eigenvalue weighted by Crippen LogP contribution is 2.27. The third-order valence-corrected chi connectivity index (χ3v) is 5.00. The molecule has 4 rings (SSSR count). The first-order valence-electron chi connectivity index (χ1n) is 9.49. The van der Waals surface area contributed by atoms with Crippen molar-refractivity contribution >= 4 is 5.91 Å². The Balaban J connectivity index is 1.31. The number of pyridine rings is 1. The maximum Gasteiger partial charge on any atom is 0.217 e. The molecule has 0 saturated carbocycles. The van der Waals surface area contributed by atoms with Gasteiger partial charge in [-0.05, 0) is 29.7 Å². The SMILES string of the molecule is CC(=O)NCc1cc(OC2CCN(Cc3ccc4c(c3)CCO4)C2)ccn1. The monoisotopic (exact) mass is 367 g/mol. The van der Waals surface area contributed by atoms with Gasteiger partial charge in [-0.2, -0.15) is 0 Å². The van der Waals surface area contributed by atoms with Crippen molar-refractivity contribution in [3.05, 3.63) is 53.3 Å². The Morgan fingerprint density at radius 1 is 1.37 bits per heavy atom. The van der Waals surface area contributed by atoms with E-state index in [2.05, 4.69) is 33.4 Å². The lowest BCUT2D eigenvalue weighted by Gasteiger charge is -2.17. The number of nitrogens with zero attached hydrogens (tertiary/aromatic N) is 2. The molecule has 1 amide bonds. The average Bonchev–Trinajstić information content (AvgIpc) is 3.29. The summed E-state index contributed by atoms with van der Waals surface area (Å²) in [6.45, 7) is 5.61. The van der Waals surface area contributed by atoms with Gasteiger partial charge in [0.25, 0.3) is 0 Å². The molecule has 6 heteroatoms. The number of carbonyl (C=O) groups excluding carboxylic acids is 1. The summed E-state index contributed by atoms with van der Waals surface area (Å²) in [5, 5.41) is 2.76. The van der Waals surface area contributed by atoms with Gasteiger partial charge in [0.05, 0.1) is 18.8 Å². The molecule has 1 aromatic heterocycles. The number of rotatable bonds is 6. The molecule has 6 nitrogen and oxygen atoms in total. The molecule has 0 aliphatic carbocycles. The fraction of sp³-hybridized carbons (Fsp3) is 0.429. The Labute approximate surface area is 159 Å². The van der Waals surface area contributed by atoms with E-state index in [1.165, 1.54) is 18.1 Å². The van der Waals surface area contributed by atoms with Crippen LogP contribution in [0.5, 0.6) is 11.5 Å². The first kappa shape index (κ1) is 17.8. The van der Waals surface area contributed by atoms with Gasteiger partial charge in [0.15, 0.2) is 0 Å². The minimum Gasteiger partial charge on any atom is -0.493 e. The van der Waals surface area contributed by atoms with Crippen molar-refractivity contribution < 1.29 is 14.3 Å². The van der Waals surface area contributed by atoms with E-state index in [0.29, 0.717) is 6.54 Å². The Morgan fingerprint density at radius 3 is 3.19 bits per heavy atom. The van der Waals surface area contributed by atoms with E-state index in [0.717, 1.165) is 56.3 Å². The number of benzene rings is 1. The second kappa shape index (κ2) is 7.96. The van der Waals surface area contributed by atoms with Crippen molar-refractivity contribution in [2.24, 2.45) is 0 Å². The summed E-state index contributed by atoms with van der Waals surface area (Å²) >= 11 is 0. The van der Waals surface area contributed by atoms with E-state index < -0.39 is 0 Å². The number of hydrogen-bond acceptors (Lipinski definition) is 5. The number of hydrogen-bond donors (Lipinski definition) is 1. The summed E-state index contributed by atoms with van der Waals surface area (Å²) < 4.78 is 11.7. The van der Waals surface area contributed by atoms with Crippen molar-refractivity contribution in [3.8, 4) is 11.5 Å². The third kappa shape index (κ3) is 4.57. The van der Waals surface area contributed by atoms with Crippen molar-refractivity contribution in [1.82, 2.24) is 15.2 Å². The quantitative estimate of drug-likeness (QED) is 0.849. The zero-order valence-electron chi connectivity index (χ0n) is 15.6. The zero-order valence-corrected chi connectivity index (χ0v) is 15.6. The minimum absolute atomic E-state index is 0.0623. The Morgan fingerprint density at radius 2 is 2.30 bits per heavy atom. The van der Waals surface area contributed by atoms with Gasteiger partial charge in [-0.15, -0.1) is 0 Å². The van der Waals surface area contributed by atoms with Crippen LogP contribution in [0.4, 0.5) is 0 Å². The highest BCUT2D eigenvalue weighted by molar-refractivity contribution is 5.72. The maximum absolute atomic E-state index is 11.0. The largest absolute Gasteiger partial charge is 0.493 e. The van der Waals surface area contributed by atoms with Gasteiger partial charge < -0.3 is 14.8 Å². The molecule has 0 radical (unpaired) electrons. The minimum atomic E-state index is -0.0623. The Bertz CT molecular complexity index is 824. The molecule has 1 N–H and O–H groups in total. The van der Waals surface area contributed by atoms with Crippen LogP contribution in [0, 0.1) is 0 Å². The fourth-order valence-corrected chi connectivity index (χ4v) is 3.67. The van der Waals surface area contributed by atoms with E-state index in [9.17, 15) is 4.79 Å². The molecule has 142 valence electrons. The lowest BCUT2D eigenvalue weighted by Crippen LogP contribution is -2.24.